The summed E-state index contributed by atoms with van der Waals surface area (Å²) in [5.41, 5.74) is 7.94. The monoisotopic (exact) mass is 389 g/mol. The normalized spacial score (nSPS) is 12.0. The molecule has 0 spiro atoms. The lowest BCUT2D eigenvalue weighted by Gasteiger charge is -2.18. The first-order chi connectivity index (χ1) is 14.5. The van der Waals surface area contributed by atoms with Crippen molar-refractivity contribution in [1.29, 1.82) is 0 Å². The number of rotatable bonds is 3. The maximum Gasteiger partial charge on any atom is 0.0547 e. The highest BCUT2D eigenvalue weighted by Gasteiger charge is 2.16. The van der Waals surface area contributed by atoms with E-state index in [4.69, 9.17) is 0 Å². The second kappa shape index (κ2) is 7.18. The Bertz CT molecular complexity index is 1320. The molecule has 0 N–H and O–H groups in total. The molecule has 0 saturated carbocycles. The number of para-hydroxylation sites is 2. The molecule has 0 unspecified atom stereocenters. The molecule has 5 rings (SSSR count). The number of fused-ring (bicyclic) bond motifs is 3. The molecule has 0 aliphatic heterocycles. The Kier molecular flexibility index (Phi) is 4.47. The van der Waals surface area contributed by atoms with Crippen LogP contribution in [0.5, 0.6) is 0 Å². The molecule has 1 nitrogen and oxygen atoms in total. The molecule has 0 aliphatic carbocycles. The van der Waals surface area contributed by atoms with E-state index in [1.54, 1.807) is 0 Å². The van der Waals surface area contributed by atoms with Gasteiger partial charge in [-0.25, -0.2) is 0 Å². The summed E-state index contributed by atoms with van der Waals surface area (Å²) < 4.78 is 2.38. The van der Waals surface area contributed by atoms with Crippen LogP contribution in [0.1, 0.15) is 26.3 Å². The van der Waals surface area contributed by atoms with Gasteiger partial charge in [-0.05, 0) is 52.8 Å². The van der Waals surface area contributed by atoms with Crippen LogP contribution in [0, 0.1) is 5.41 Å². The zero-order valence-corrected chi connectivity index (χ0v) is 17.9. The van der Waals surface area contributed by atoms with Gasteiger partial charge in [0.2, 0.25) is 0 Å². The van der Waals surface area contributed by atoms with Crippen LogP contribution >= 0.6 is 0 Å². The number of nitrogens with zero attached hydrogens (tertiary/aromatic N) is 1. The summed E-state index contributed by atoms with van der Waals surface area (Å²) in [6, 6.07) is 35.2. The predicted octanol–water partition coefficient (Wildman–Crippen LogP) is 8.04. The lowest BCUT2D eigenvalue weighted by Crippen LogP contribution is -2.08. The molecule has 148 valence electrons. The SMILES string of the molecule is CC(C)(C)Cc1ccc(-c2cccc3c2c2ccccc2n3-c2ccccc2)cc1. The average molecular weight is 390 g/mol. The van der Waals surface area contributed by atoms with Crippen LogP contribution in [-0.4, -0.2) is 4.57 Å². The van der Waals surface area contributed by atoms with Gasteiger partial charge in [0.15, 0.2) is 0 Å². The number of hydrogen-bond donors (Lipinski definition) is 0. The van der Waals surface area contributed by atoms with Gasteiger partial charge in [-0.3, -0.25) is 0 Å². The van der Waals surface area contributed by atoms with Crippen LogP contribution in [0.4, 0.5) is 0 Å². The van der Waals surface area contributed by atoms with Crippen molar-refractivity contribution in [2.24, 2.45) is 5.41 Å². The molecule has 0 aliphatic rings. The van der Waals surface area contributed by atoms with Crippen molar-refractivity contribution >= 4 is 21.8 Å². The topological polar surface area (TPSA) is 4.93 Å². The summed E-state index contributed by atoms with van der Waals surface area (Å²) in [4.78, 5) is 0. The average Bonchev–Trinajstić information content (AvgIpc) is 3.08. The molecule has 4 aromatic carbocycles. The lowest BCUT2D eigenvalue weighted by molar-refractivity contribution is 0.411. The summed E-state index contributed by atoms with van der Waals surface area (Å²) in [6.45, 7) is 6.88. The number of hydrogen-bond acceptors (Lipinski definition) is 0. The summed E-state index contributed by atoms with van der Waals surface area (Å²) in [7, 11) is 0. The van der Waals surface area contributed by atoms with E-state index < -0.39 is 0 Å². The van der Waals surface area contributed by atoms with E-state index >= 15 is 0 Å². The third-order valence-corrected chi connectivity index (χ3v) is 5.71. The molecule has 5 aromatic rings. The standard InChI is InChI=1S/C29H27N/c1-29(2,3)20-21-16-18-22(19-17-21)24-13-9-15-27-28(24)25-12-7-8-14-26(25)30(27)23-10-5-4-6-11-23/h4-19H,20H2,1-3H3. The molecule has 0 fully saturated rings. The molecular weight excluding hydrogens is 362 g/mol. The van der Waals surface area contributed by atoms with Crippen LogP contribution < -0.4 is 0 Å². The highest BCUT2D eigenvalue weighted by molar-refractivity contribution is 6.15. The maximum atomic E-state index is 2.38. The molecule has 1 aromatic heterocycles. The van der Waals surface area contributed by atoms with Crippen molar-refractivity contribution in [2.75, 3.05) is 0 Å². The van der Waals surface area contributed by atoms with Gasteiger partial charge >= 0.3 is 0 Å². The lowest BCUT2D eigenvalue weighted by atomic mass is 9.87. The third kappa shape index (κ3) is 3.31. The van der Waals surface area contributed by atoms with Crippen molar-refractivity contribution in [3.8, 4) is 16.8 Å². The van der Waals surface area contributed by atoms with Gasteiger partial charge in [-0.1, -0.05) is 93.6 Å². The Morgan fingerprint density at radius 2 is 1.30 bits per heavy atom. The smallest absolute Gasteiger partial charge is 0.0547 e. The van der Waals surface area contributed by atoms with Gasteiger partial charge in [0.25, 0.3) is 0 Å². The summed E-state index contributed by atoms with van der Waals surface area (Å²) in [5, 5.41) is 2.62. The first-order valence-electron chi connectivity index (χ1n) is 10.7. The Morgan fingerprint density at radius 1 is 0.633 bits per heavy atom. The zero-order valence-electron chi connectivity index (χ0n) is 17.9. The molecule has 0 atom stereocenters. The van der Waals surface area contributed by atoms with Crippen molar-refractivity contribution in [2.45, 2.75) is 27.2 Å². The van der Waals surface area contributed by atoms with E-state index in [0.29, 0.717) is 5.41 Å². The number of benzene rings is 4. The highest BCUT2D eigenvalue weighted by atomic mass is 15.0. The van der Waals surface area contributed by atoms with Gasteiger partial charge in [0.1, 0.15) is 0 Å². The van der Waals surface area contributed by atoms with E-state index in [0.717, 1.165) is 6.42 Å². The van der Waals surface area contributed by atoms with Crippen molar-refractivity contribution in [3.63, 3.8) is 0 Å². The van der Waals surface area contributed by atoms with Crippen LogP contribution in [0.25, 0.3) is 38.6 Å². The molecule has 0 bridgehead atoms. The predicted molar refractivity (Wildman–Crippen MR) is 129 cm³/mol. The molecular formula is C29H27N. The van der Waals surface area contributed by atoms with Crippen LogP contribution in [0.15, 0.2) is 97.1 Å². The Labute approximate surface area is 178 Å². The largest absolute Gasteiger partial charge is 0.309 e. The fourth-order valence-electron chi connectivity index (χ4n) is 4.53. The maximum absolute atomic E-state index is 2.38. The van der Waals surface area contributed by atoms with Crippen LogP contribution in [0.2, 0.25) is 0 Å². The number of aromatic nitrogens is 1. The van der Waals surface area contributed by atoms with Crippen molar-refractivity contribution in [1.82, 2.24) is 4.57 Å². The van der Waals surface area contributed by atoms with Crippen molar-refractivity contribution in [3.05, 3.63) is 103 Å². The second-order valence-corrected chi connectivity index (χ2v) is 9.32. The summed E-state index contributed by atoms with van der Waals surface area (Å²) >= 11 is 0. The first kappa shape index (κ1) is 18.7. The van der Waals surface area contributed by atoms with E-state index in [-0.39, 0.29) is 0 Å². The molecule has 1 heterocycles. The molecule has 1 heteroatoms. The molecule has 30 heavy (non-hydrogen) atoms. The minimum Gasteiger partial charge on any atom is -0.309 e. The Balaban J connectivity index is 1.74. The summed E-state index contributed by atoms with van der Waals surface area (Å²) in [6.07, 6.45) is 1.09. The quantitative estimate of drug-likeness (QED) is 0.294. The van der Waals surface area contributed by atoms with Crippen molar-refractivity contribution < 1.29 is 0 Å². The fraction of sp³-hybridized carbons (Fsp3) is 0.172. The van der Waals surface area contributed by atoms with Gasteiger partial charge in [-0.15, -0.1) is 0 Å². The minimum atomic E-state index is 0.296. The molecule has 0 saturated heterocycles. The van der Waals surface area contributed by atoms with E-state index in [2.05, 4.69) is 122 Å². The fourth-order valence-corrected chi connectivity index (χ4v) is 4.53. The van der Waals surface area contributed by atoms with E-state index in [1.807, 2.05) is 0 Å². The first-order valence-corrected chi connectivity index (χ1v) is 10.7. The van der Waals surface area contributed by atoms with Gasteiger partial charge in [0, 0.05) is 16.5 Å². The van der Waals surface area contributed by atoms with E-state index in [9.17, 15) is 0 Å². The van der Waals surface area contributed by atoms with Gasteiger partial charge < -0.3 is 4.57 Å². The second-order valence-electron chi connectivity index (χ2n) is 9.32. The van der Waals surface area contributed by atoms with E-state index in [1.165, 1.54) is 44.2 Å². The highest BCUT2D eigenvalue weighted by Crippen LogP contribution is 2.38. The summed E-state index contributed by atoms with van der Waals surface area (Å²) in [5.74, 6) is 0. The van der Waals surface area contributed by atoms with Crippen LogP contribution in [-0.2, 0) is 6.42 Å². The minimum absolute atomic E-state index is 0.296. The Morgan fingerprint density at radius 3 is 2.03 bits per heavy atom. The zero-order chi connectivity index (χ0) is 20.7. The van der Waals surface area contributed by atoms with Gasteiger partial charge in [0.05, 0.1) is 11.0 Å². The third-order valence-electron chi connectivity index (χ3n) is 5.71. The molecule has 0 radical (unpaired) electrons. The van der Waals surface area contributed by atoms with Crippen LogP contribution in [0.3, 0.4) is 0 Å². The Hall–Kier alpha value is -3.32. The molecule has 0 amide bonds. The van der Waals surface area contributed by atoms with Gasteiger partial charge in [-0.2, -0.15) is 0 Å².